The number of carbonyl (C=O) groups is 1. The van der Waals surface area contributed by atoms with Crippen molar-refractivity contribution >= 4 is 21.7 Å². The van der Waals surface area contributed by atoms with E-state index >= 15 is 0 Å². The van der Waals surface area contributed by atoms with E-state index in [4.69, 9.17) is 4.74 Å². The van der Waals surface area contributed by atoms with Gasteiger partial charge in [0.25, 0.3) is 0 Å². The SMILES string of the molecule is COc1ccc(C(Br)C(=O)c2ccc(C(F)(F)F)cc2)cc1. The lowest BCUT2D eigenvalue weighted by molar-refractivity contribution is -0.137. The maximum absolute atomic E-state index is 12.5. The molecule has 0 radical (unpaired) electrons. The Hall–Kier alpha value is -1.82. The van der Waals surface area contributed by atoms with Crippen LogP contribution in [0.25, 0.3) is 0 Å². The molecule has 2 nitrogen and oxygen atoms in total. The van der Waals surface area contributed by atoms with Gasteiger partial charge in [0.1, 0.15) is 10.6 Å². The quantitative estimate of drug-likeness (QED) is 0.555. The zero-order chi connectivity index (χ0) is 16.3. The minimum Gasteiger partial charge on any atom is -0.497 e. The van der Waals surface area contributed by atoms with Gasteiger partial charge in [-0.25, -0.2) is 0 Å². The first-order valence-corrected chi connectivity index (χ1v) is 7.24. The van der Waals surface area contributed by atoms with Crippen LogP contribution in [0.2, 0.25) is 0 Å². The number of hydrogen-bond acceptors (Lipinski definition) is 2. The Morgan fingerprint density at radius 1 is 1.05 bits per heavy atom. The second-order valence-electron chi connectivity index (χ2n) is 4.58. The summed E-state index contributed by atoms with van der Waals surface area (Å²) >= 11 is 3.28. The molecule has 0 aliphatic rings. The Bertz CT molecular complexity index is 649. The summed E-state index contributed by atoms with van der Waals surface area (Å²) in [5.74, 6) is 0.351. The van der Waals surface area contributed by atoms with Crippen LogP contribution in [-0.4, -0.2) is 12.9 Å². The minimum atomic E-state index is -4.41. The number of ether oxygens (including phenoxy) is 1. The van der Waals surface area contributed by atoms with Gasteiger partial charge in [0.15, 0.2) is 5.78 Å². The van der Waals surface area contributed by atoms with Crippen LogP contribution in [0.1, 0.15) is 26.3 Å². The number of ketones is 1. The molecule has 6 heteroatoms. The average molecular weight is 373 g/mol. The number of alkyl halides is 4. The van der Waals surface area contributed by atoms with E-state index in [0.29, 0.717) is 11.3 Å². The Labute approximate surface area is 134 Å². The van der Waals surface area contributed by atoms with Crippen molar-refractivity contribution in [2.45, 2.75) is 11.0 Å². The second-order valence-corrected chi connectivity index (χ2v) is 5.49. The average Bonchev–Trinajstić information content (AvgIpc) is 2.53. The summed E-state index contributed by atoms with van der Waals surface area (Å²) in [7, 11) is 1.54. The topological polar surface area (TPSA) is 26.3 Å². The number of benzene rings is 2. The van der Waals surface area contributed by atoms with Gasteiger partial charge in [-0.15, -0.1) is 0 Å². The summed E-state index contributed by atoms with van der Waals surface area (Å²) in [6.07, 6.45) is -4.41. The van der Waals surface area contributed by atoms with Gasteiger partial charge >= 0.3 is 6.18 Å². The summed E-state index contributed by atoms with van der Waals surface area (Å²) in [6.45, 7) is 0. The Morgan fingerprint density at radius 2 is 1.59 bits per heavy atom. The summed E-state index contributed by atoms with van der Waals surface area (Å²) in [4.78, 5) is 11.7. The molecule has 2 aromatic carbocycles. The number of methoxy groups -OCH3 is 1. The van der Waals surface area contributed by atoms with Crippen molar-refractivity contribution in [1.82, 2.24) is 0 Å². The molecule has 0 spiro atoms. The van der Waals surface area contributed by atoms with Gasteiger partial charge in [0.05, 0.1) is 12.7 Å². The van der Waals surface area contributed by atoms with Gasteiger partial charge in [-0.2, -0.15) is 13.2 Å². The van der Waals surface area contributed by atoms with Gasteiger partial charge in [-0.1, -0.05) is 40.2 Å². The summed E-state index contributed by atoms with van der Waals surface area (Å²) < 4.78 is 42.6. The number of Topliss-reactive ketones (excluding diaryl/α,β-unsaturated/α-hetero) is 1. The number of carbonyl (C=O) groups excluding carboxylic acids is 1. The largest absolute Gasteiger partial charge is 0.497 e. The predicted molar refractivity (Wildman–Crippen MR) is 80.4 cm³/mol. The van der Waals surface area contributed by atoms with E-state index in [1.54, 1.807) is 24.3 Å². The van der Waals surface area contributed by atoms with Crippen LogP contribution in [0.4, 0.5) is 13.2 Å². The molecular formula is C16H12BrF3O2. The van der Waals surface area contributed by atoms with Crippen molar-refractivity contribution in [1.29, 1.82) is 0 Å². The summed E-state index contributed by atoms with van der Waals surface area (Å²) in [5, 5.41) is 0. The number of rotatable bonds is 4. The molecule has 0 heterocycles. The molecule has 1 unspecified atom stereocenters. The van der Waals surface area contributed by atoms with E-state index in [0.717, 1.165) is 12.1 Å². The van der Waals surface area contributed by atoms with Crippen LogP contribution < -0.4 is 4.74 Å². The lowest BCUT2D eigenvalue weighted by atomic mass is 10.0. The van der Waals surface area contributed by atoms with E-state index in [2.05, 4.69) is 15.9 Å². The molecular weight excluding hydrogens is 361 g/mol. The molecule has 116 valence electrons. The highest BCUT2D eigenvalue weighted by Gasteiger charge is 2.30. The van der Waals surface area contributed by atoms with Crippen LogP contribution in [0.5, 0.6) is 5.75 Å². The molecule has 0 saturated carbocycles. The maximum Gasteiger partial charge on any atom is 0.416 e. The highest BCUT2D eigenvalue weighted by Crippen LogP contribution is 2.31. The number of halogens is 4. The van der Waals surface area contributed by atoms with Gasteiger partial charge in [0, 0.05) is 5.56 Å². The Morgan fingerprint density at radius 3 is 2.05 bits per heavy atom. The monoisotopic (exact) mass is 372 g/mol. The second kappa shape index (κ2) is 6.52. The fraction of sp³-hybridized carbons (Fsp3) is 0.188. The molecule has 0 amide bonds. The van der Waals surface area contributed by atoms with Crippen molar-refractivity contribution in [3.63, 3.8) is 0 Å². The normalized spacial score (nSPS) is 12.8. The lowest BCUT2D eigenvalue weighted by Gasteiger charge is -2.11. The Balaban J connectivity index is 2.19. The van der Waals surface area contributed by atoms with E-state index in [9.17, 15) is 18.0 Å². The highest BCUT2D eigenvalue weighted by molar-refractivity contribution is 9.09. The van der Waals surface area contributed by atoms with Crippen molar-refractivity contribution in [3.05, 3.63) is 65.2 Å². The fourth-order valence-corrected chi connectivity index (χ4v) is 2.46. The van der Waals surface area contributed by atoms with Crippen LogP contribution >= 0.6 is 15.9 Å². The molecule has 0 bridgehead atoms. The van der Waals surface area contributed by atoms with Gasteiger partial charge in [-0.3, -0.25) is 4.79 Å². The first kappa shape index (κ1) is 16.5. The maximum atomic E-state index is 12.5. The summed E-state index contributed by atoms with van der Waals surface area (Å²) in [6, 6.07) is 11.0. The Kier molecular flexibility index (Phi) is 4.90. The zero-order valence-corrected chi connectivity index (χ0v) is 13.1. The molecule has 0 aliphatic carbocycles. The van der Waals surface area contributed by atoms with E-state index in [-0.39, 0.29) is 11.3 Å². The molecule has 2 rings (SSSR count). The molecule has 0 aliphatic heterocycles. The van der Waals surface area contributed by atoms with Crippen molar-refractivity contribution in [3.8, 4) is 5.75 Å². The number of hydrogen-bond donors (Lipinski definition) is 0. The third-order valence-corrected chi connectivity index (χ3v) is 4.08. The van der Waals surface area contributed by atoms with Crippen LogP contribution in [-0.2, 0) is 6.18 Å². The molecule has 2 aromatic rings. The standard InChI is InChI=1S/C16H12BrF3O2/c1-22-13-8-4-10(5-9-13)14(17)15(21)11-2-6-12(7-3-11)16(18,19)20/h2-9,14H,1H3. The van der Waals surface area contributed by atoms with Crippen molar-refractivity contribution < 1.29 is 22.7 Å². The van der Waals surface area contributed by atoms with Gasteiger partial charge in [-0.05, 0) is 29.8 Å². The molecule has 22 heavy (non-hydrogen) atoms. The fourth-order valence-electron chi connectivity index (χ4n) is 1.89. The zero-order valence-electron chi connectivity index (χ0n) is 11.5. The predicted octanol–water partition coefficient (Wildman–Crippen LogP) is 5.03. The molecule has 0 aromatic heterocycles. The van der Waals surface area contributed by atoms with Crippen molar-refractivity contribution in [2.24, 2.45) is 0 Å². The van der Waals surface area contributed by atoms with Gasteiger partial charge in [0.2, 0.25) is 0 Å². The van der Waals surface area contributed by atoms with Gasteiger partial charge < -0.3 is 4.74 Å². The smallest absolute Gasteiger partial charge is 0.416 e. The van der Waals surface area contributed by atoms with Crippen LogP contribution in [0.15, 0.2) is 48.5 Å². The first-order valence-electron chi connectivity index (χ1n) is 6.32. The minimum absolute atomic E-state index is 0.214. The van der Waals surface area contributed by atoms with Crippen molar-refractivity contribution in [2.75, 3.05) is 7.11 Å². The molecule has 0 fully saturated rings. The molecule has 0 saturated heterocycles. The third kappa shape index (κ3) is 3.68. The van der Waals surface area contributed by atoms with E-state index in [1.165, 1.54) is 19.2 Å². The van der Waals surface area contributed by atoms with E-state index in [1.807, 2.05) is 0 Å². The van der Waals surface area contributed by atoms with Crippen LogP contribution in [0, 0.1) is 0 Å². The first-order chi connectivity index (χ1) is 10.3. The summed E-state index contributed by atoms with van der Waals surface area (Å²) in [5.41, 5.74) is 0.135. The van der Waals surface area contributed by atoms with Crippen LogP contribution in [0.3, 0.4) is 0 Å². The molecule has 1 atom stereocenters. The third-order valence-electron chi connectivity index (χ3n) is 3.14. The highest BCUT2D eigenvalue weighted by atomic mass is 79.9. The molecule has 0 N–H and O–H groups in total. The van der Waals surface area contributed by atoms with E-state index < -0.39 is 16.6 Å². The lowest BCUT2D eigenvalue weighted by Crippen LogP contribution is -2.09.